The van der Waals surface area contributed by atoms with Gasteiger partial charge in [-0.05, 0) is 70.6 Å². The minimum absolute atomic E-state index is 0.145. The lowest BCUT2D eigenvalue weighted by atomic mass is 9.74. The number of hydrogen-bond acceptors (Lipinski definition) is 2. The van der Waals surface area contributed by atoms with E-state index in [9.17, 15) is 10.2 Å². The lowest BCUT2D eigenvalue weighted by Gasteiger charge is -2.35. The van der Waals surface area contributed by atoms with Crippen molar-refractivity contribution in [2.24, 2.45) is 23.7 Å². The quantitative estimate of drug-likeness (QED) is 0.736. The summed E-state index contributed by atoms with van der Waals surface area (Å²) < 4.78 is 0. The van der Waals surface area contributed by atoms with Crippen LogP contribution < -0.4 is 0 Å². The zero-order chi connectivity index (χ0) is 16.5. The molecule has 0 spiro atoms. The molecule has 0 amide bonds. The largest absolute Gasteiger partial charge is 0.392 e. The molecule has 0 aromatic carbocycles. The fraction of sp³-hybridized carbons (Fsp3) is 0.800. The SMILES string of the molecule is C=C(C)CCCC(C)C1CCC(C)(O)C2CC=C(C)C2C1O. The Morgan fingerprint density at radius 2 is 2.18 bits per heavy atom. The van der Waals surface area contributed by atoms with Crippen LogP contribution in [0.15, 0.2) is 23.8 Å². The number of aliphatic hydroxyl groups is 2. The van der Waals surface area contributed by atoms with Crippen LogP contribution in [-0.2, 0) is 0 Å². The molecule has 0 aromatic rings. The fourth-order valence-corrected chi connectivity index (χ4v) is 4.70. The van der Waals surface area contributed by atoms with Gasteiger partial charge in [0.1, 0.15) is 0 Å². The first-order valence-electron chi connectivity index (χ1n) is 8.95. The lowest BCUT2D eigenvalue weighted by molar-refractivity contribution is -0.0345. The Bertz CT molecular complexity index is 435. The van der Waals surface area contributed by atoms with Gasteiger partial charge in [-0.3, -0.25) is 0 Å². The Balaban J connectivity index is 2.09. The van der Waals surface area contributed by atoms with Crippen molar-refractivity contribution >= 4 is 0 Å². The molecule has 2 N–H and O–H groups in total. The van der Waals surface area contributed by atoms with E-state index in [-0.39, 0.29) is 17.9 Å². The van der Waals surface area contributed by atoms with Gasteiger partial charge >= 0.3 is 0 Å². The maximum Gasteiger partial charge on any atom is 0.0657 e. The summed E-state index contributed by atoms with van der Waals surface area (Å²) in [4.78, 5) is 0. The Morgan fingerprint density at radius 1 is 1.50 bits per heavy atom. The van der Waals surface area contributed by atoms with Gasteiger partial charge in [-0.15, -0.1) is 6.58 Å². The summed E-state index contributed by atoms with van der Waals surface area (Å²) in [6.07, 6.45) is 7.94. The van der Waals surface area contributed by atoms with Crippen LogP contribution in [0.2, 0.25) is 0 Å². The van der Waals surface area contributed by atoms with Crippen LogP contribution in [0.25, 0.3) is 0 Å². The monoisotopic (exact) mass is 306 g/mol. The van der Waals surface area contributed by atoms with Gasteiger partial charge in [0.2, 0.25) is 0 Å². The molecule has 0 bridgehead atoms. The highest BCUT2D eigenvalue weighted by molar-refractivity contribution is 5.19. The Labute approximate surface area is 136 Å². The van der Waals surface area contributed by atoms with Crippen molar-refractivity contribution in [3.63, 3.8) is 0 Å². The van der Waals surface area contributed by atoms with E-state index in [0.717, 1.165) is 38.5 Å². The third-order valence-electron chi connectivity index (χ3n) is 6.24. The van der Waals surface area contributed by atoms with Crippen LogP contribution in [0.4, 0.5) is 0 Å². The van der Waals surface area contributed by atoms with Crippen LogP contribution >= 0.6 is 0 Å². The summed E-state index contributed by atoms with van der Waals surface area (Å²) in [5.74, 6) is 1.13. The predicted octanol–water partition coefficient (Wildman–Crippen LogP) is 4.47. The lowest BCUT2D eigenvalue weighted by Crippen LogP contribution is -2.40. The molecule has 2 aliphatic carbocycles. The Morgan fingerprint density at radius 3 is 2.82 bits per heavy atom. The average molecular weight is 306 g/mol. The standard InChI is InChI=1S/C20H34O2/c1-13(2)7-6-8-14(3)16-11-12-20(5,22)17-10-9-15(4)18(17)19(16)21/h9,14,16-19,21-22H,1,6-8,10-12H2,2-5H3. The molecule has 1 saturated carbocycles. The third-order valence-corrected chi connectivity index (χ3v) is 6.24. The number of allylic oxidation sites excluding steroid dienone is 2. The smallest absolute Gasteiger partial charge is 0.0657 e. The van der Waals surface area contributed by atoms with E-state index in [4.69, 9.17) is 0 Å². The van der Waals surface area contributed by atoms with E-state index >= 15 is 0 Å². The Hall–Kier alpha value is -0.600. The van der Waals surface area contributed by atoms with Gasteiger partial charge in [-0.25, -0.2) is 0 Å². The van der Waals surface area contributed by atoms with E-state index in [0.29, 0.717) is 11.8 Å². The number of hydrogen-bond donors (Lipinski definition) is 2. The molecule has 0 saturated heterocycles. The van der Waals surface area contributed by atoms with Crippen molar-refractivity contribution in [3.05, 3.63) is 23.8 Å². The van der Waals surface area contributed by atoms with Crippen molar-refractivity contribution in [2.45, 2.75) is 77.9 Å². The highest BCUT2D eigenvalue weighted by Crippen LogP contribution is 2.49. The molecule has 2 rings (SSSR count). The second kappa shape index (κ2) is 6.88. The molecule has 126 valence electrons. The second-order valence-electron chi connectivity index (χ2n) is 8.19. The molecule has 0 radical (unpaired) electrons. The van der Waals surface area contributed by atoms with Crippen molar-refractivity contribution in [3.8, 4) is 0 Å². The summed E-state index contributed by atoms with van der Waals surface area (Å²) in [6, 6.07) is 0. The first-order chi connectivity index (χ1) is 10.2. The number of fused-ring (bicyclic) bond motifs is 1. The maximum atomic E-state index is 11.0. The molecule has 2 heteroatoms. The van der Waals surface area contributed by atoms with Crippen LogP contribution in [-0.4, -0.2) is 21.9 Å². The van der Waals surface area contributed by atoms with Crippen molar-refractivity contribution in [2.75, 3.05) is 0 Å². The van der Waals surface area contributed by atoms with Gasteiger partial charge in [0.15, 0.2) is 0 Å². The molecule has 2 nitrogen and oxygen atoms in total. The maximum absolute atomic E-state index is 11.0. The van der Waals surface area contributed by atoms with Crippen molar-refractivity contribution < 1.29 is 10.2 Å². The van der Waals surface area contributed by atoms with Gasteiger partial charge in [0.25, 0.3) is 0 Å². The number of rotatable bonds is 5. The highest BCUT2D eigenvalue weighted by atomic mass is 16.3. The summed E-state index contributed by atoms with van der Waals surface area (Å²) >= 11 is 0. The van der Waals surface area contributed by atoms with Gasteiger partial charge < -0.3 is 10.2 Å². The summed E-state index contributed by atoms with van der Waals surface area (Å²) in [7, 11) is 0. The van der Waals surface area contributed by atoms with Crippen molar-refractivity contribution in [1.82, 2.24) is 0 Å². The van der Waals surface area contributed by atoms with Gasteiger partial charge in [-0.1, -0.05) is 30.6 Å². The Kier molecular flexibility index (Phi) is 5.55. The average Bonchev–Trinajstić information content (AvgIpc) is 2.76. The third kappa shape index (κ3) is 3.65. The minimum atomic E-state index is -0.647. The first-order valence-corrected chi connectivity index (χ1v) is 8.95. The molecule has 6 atom stereocenters. The molecular formula is C20H34O2. The summed E-state index contributed by atoms with van der Waals surface area (Å²) in [5.41, 5.74) is 1.87. The summed E-state index contributed by atoms with van der Waals surface area (Å²) in [5, 5.41) is 21.9. The fourth-order valence-electron chi connectivity index (χ4n) is 4.70. The highest BCUT2D eigenvalue weighted by Gasteiger charge is 2.49. The molecule has 0 aliphatic heterocycles. The van der Waals surface area contributed by atoms with E-state index in [1.165, 1.54) is 11.1 Å². The van der Waals surface area contributed by atoms with Crippen LogP contribution in [0.5, 0.6) is 0 Å². The van der Waals surface area contributed by atoms with Gasteiger partial charge in [0.05, 0.1) is 11.7 Å². The van der Waals surface area contributed by atoms with E-state index in [1.807, 2.05) is 6.92 Å². The molecule has 6 unspecified atom stereocenters. The minimum Gasteiger partial charge on any atom is -0.392 e. The van der Waals surface area contributed by atoms with Crippen LogP contribution in [0.3, 0.4) is 0 Å². The van der Waals surface area contributed by atoms with Gasteiger partial charge in [-0.2, -0.15) is 0 Å². The van der Waals surface area contributed by atoms with Crippen molar-refractivity contribution in [1.29, 1.82) is 0 Å². The first kappa shape index (κ1) is 17.7. The van der Waals surface area contributed by atoms with E-state index in [2.05, 4.69) is 33.4 Å². The molecule has 1 fully saturated rings. The molecule has 2 aliphatic rings. The molecule has 0 aromatic heterocycles. The summed E-state index contributed by atoms with van der Waals surface area (Å²) in [6.45, 7) is 12.4. The van der Waals surface area contributed by atoms with Gasteiger partial charge in [0, 0.05) is 5.92 Å². The molecule has 22 heavy (non-hydrogen) atoms. The topological polar surface area (TPSA) is 40.5 Å². The zero-order valence-corrected chi connectivity index (χ0v) is 14.8. The second-order valence-corrected chi connectivity index (χ2v) is 8.19. The van der Waals surface area contributed by atoms with E-state index < -0.39 is 5.60 Å². The zero-order valence-electron chi connectivity index (χ0n) is 14.8. The predicted molar refractivity (Wildman–Crippen MR) is 92.5 cm³/mol. The molecular weight excluding hydrogens is 272 g/mol. The normalized spacial score (nSPS) is 39.8. The van der Waals surface area contributed by atoms with E-state index in [1.54, 1.807) is 0 Å². The molecule has 0 heterocycles. The number of aliphatic hydroxyl groups excluding tert-OH is 1. The van der Waals surface area contributed by atoms with Crippen LogP contribution in [0, 0.1) is 23.7 Å². The van der Waals surface area contributed by atoms with Crippen LogP contribution in [0.1, 0.15) is 66.2 Å².